The summed E-state index contributed by atoms with van der Waals surface area (Å²) in [5.74, 6) is -1.73. The van der Waals surface area contributed by atoms with Gasteiger partial charge in [-0.3, -0.25) is 9.69 Å². The molecular formula is C22H27N2O5S+. The lowest BCUT2D eigenvalue weighted by Gasteiger charge is -2.48. The molecule has 0 aliphatic carbocycles. The number of carboxylic acids is 1. The van der Waals surface area contributed by atoms with Crippen LogP contribution in [-0.2, 0) is 20.9 Å². The highest BCUT2D eigenvalue weighted by molar-refractivity contribution is 8.09. The van der Waals surface area contributed by atoms with Crippen LogP contribution in [0.5, 0.6) is 0 Å². The van der Waals surface area contributed by atoms with Crippen LogP contribution in [0.1, 0.15) is 36.8 Å². The highest BCUT2D eigenvalue weighted by atomic mass is 32.2. The summed E-state index contributed by atoms with van der Waals surface area (Å²) in [4.78, 5) is 38.0. The number of β-lactam (4-membered cyclic amide) rings is 1. The number of piperidine rings is 1. The summed E-state index contributed by atoms with van der Waals surface area (Å²) in [7, 11) is 2.28. The molecule has 0 spiro atoms. The number of amides is 1. The second-order valence-corrected chi connectivity index (χ2v) is 9.83. The van der Waals surface area contributed by atoms with E-state index in [0.717, 1.165) is 16.6 Å². The van der Waals surface area contributed by atoms with E-state index in [-0.39, 0.29) is 18.7 Å². The largest absolute Gasteiger partial charge is 0.477 e. The molecule has 3 heterocycles. The Morgan fingerprint density at radius 1 is 1.27 bits per heavy atom. The van der Waals surface area contributed by atoms with Crippen LogP contribution >= 0.6 is 11.8 Å². The molecular weight excluding hydrogens is 404 g/mol. The maximum atomic E-state index is 12.7. The molecule has 30 heavy (non-hydrogen) atoms. The Morgan fingerprint density at radius 3 is 2.50 bits per heavy atom. The average Bonchev–Trinajstić information content (AvgIpc) is 3.10. The molecule has 2 saturated heterocycles. The van der Waals surface area contributed by atoms with Gasteiger partial charge >= 0.3 is 5.97 Å². The fourth-order valence-electron chi connectivity index (χ4n) is 4.88. The number of hydrogen-bond donors (Lipinski definition) is 2. The number of aldehydes is 1. The number of aliphatic carboxylic acids is 1. The van der Waals surface area contributed by atoms with Crippen molar-refractivity contribution in [3.05, 3.63) is 41.1 Å². The van der Waals surface area contributed by atoms with Gasteiger partial charge in [-0.15, -0.1) is 0 Å². The van der Waals surface area contributed by atoms with Crippen LogP contribution in [0.3, 0.4) is 0 Å². The fourth-order valence-corrected chi connectivity index (χ4v) is 6.46. The maximum Gasteiger partial charge on any atom is 0.353 e. The number of carboxylic acid groups (broad SMARTS) is 1. The van der Waals surface area contributed by atoms with E-state index < -0.39 is 22.7 Å². The molecule has 160 valence electrons. The zero-order valence-corrected chi connectivity index (χ0v) is 17.9. The number of benzene rings is 1. The number of nitrogens with zero attached hydrogens (tertiary/aromatic N) is 2. The molecule has 7 nitrogen and oxygen atoms in total. The predicted octanol–water partition coefficient (Wildman–Crippen LogP) is 2.05. The molecule has 0 saturated carbocycles. The fraction of sp³-hybridized carbons (Fsp3) is 0.500. The summed E-state index contributed by atoms with van der Waals surface area (Å²) >= 11 is 1.22. The Kier molecular flexibility index (Phi) is 5.50. The Balaban J connectivity index is 1.59. The van der Waals surface area contributed by atoms with E-state index >= 15 is 0 Å². The first-order valence-electron chi connectivity index (χ1n) is 10.3. The first kappa shape index (κ1) is 21.1. The lowest BCUT2D eigenvalue weighted by molar-refractivity contribution is -0.926. The van der Waals surface area contributed by atoms with Crippen LogP contribution in [0.25, 0.3) is 4.91 Å². The van der Waals surface area contributed by atoms with Crippen LogP contribution < -0.4 is 0 Å². The number of carbonyl (C=O) groups is 3. The van der Waals surface area contributed by atoms with Gasteiger partial charge in [0, 0.05) is 17.1 Å². The minimum absolute atomic E-state index is 0.000876. The Hall–Kier alpha value is -2.16. The lowest BCUT2D eigenvalue weighted by atomic mass is 9.76. The second-order valence-electron chi connectivity index (χ2n) is 8.74. The molecule has 2 N–H and O–H groups in total. The summed E-state index contributed by atoms with van der Waals surface area (Å²) in [5.41, 5.74) is 0.502. The van der Waals surface area contributed by atoms with E-state index in [1.54, 1.807) is 0 Å². The summed E-state index contributed by atoms with van der Waals surface area (Å²) in [6.45, 7) is 2.97. The molecule has 3 aliphatic heterocycles. The van der Waals surface area contributed by atoms with Crippen molar-refractivity contribution >= 4 is 34.8 Å². The molecule has 1 amide bonds. The number of fused-ring (bicyclic) bond motifs is 1. The Labute approximate surface area is 179 Å². The highest BCUT2D eigenvalue weighted by Crippen LogP contribution is 2.58. The van der Waals surface area contributed by atoms with Crippen LogP contribution in [0.2, 0.25) is 0 Å². The molecule has 8 heteroatoms. The standard InChI is InChI=1S/C22H26N2O5S/c1-24(10-3-2-4-11-24)13-15-5-7-16(8-6-15)18-17(19(27)28)23-20(29)22(14-26,9-12-25)21(23)30-18/h5-8,14,21,25H,2-4,9-13H2,1H3/p+1/t21-,22+/m1/s1. The van der Waals surface area contributed by atoms with Crippen molar-refractivity contribution in [2.24, 2.45) is 5.41 Å². The van der Waals surface area contributed by atoms with E-state index in [2.05, 4.69) is 7.05 Å². The molecule has 1 aromatic rings. The number of thioether (sulfide) groups is 1. The van der Waals surface area contributed by atoms with Gasteiger partial charge in [0.2, 0.25) is 5.91 Å². The zero-order valence-electron chi connectivity index (χ0n) is 17.0. The third-order valence-electron chi connectivity index (χ3n) is 6.59. The normalized spacial score (nSPS) is 27.6. The summed E-state index contributed by atoms with van der Waals surface area (Å²) in [5, 5.41) is 18.4. The lowest BCUT2D eigenvalue weighted by Crippen LogP contribution is -2.66. The van der Waals surface area contributed by atoms with Gasteiger partial charge in [0.15, 0.2) is 0 Å². The van der Waals surface area contributed by atoms with Crippen molar-refractivity contribution in [2.75, 3.05) is 26.7 Å². The summed E-state index contributed by atoms with van der Waals surface area (Å²) in [6.07, 6.45) is 4.35. The van der Waals surface area contributed by atoms with Gasteiger partial charge in [-0.1, -0.05) is 36.0 Å². The van der Waals surface area contributed by atoms with Crippen LogP contribution in [0.4, 0.5) is 0 Å². The number of rotatable bonds is 7. The van der Waals surface area contributed by atoms with Gasteiger partial charge in [-0.25, -0.2) is 4.79 Å². The second kappa shape index (κ2) is 7.83. The van der Waals surface area contributed by atoms with Crippen molar-refractivity contribution < 1.29 is 29.1 Å². The molecule has 3 aliphatic rings. The zero-order chi connectivity index (χ0) is 21.5. The van der Waals surface area contributed by atoms with Crippen LogP contribution in [0.15, 0.2) is 30.0 Å². The summed E-state index contributed by atoms with van der Waals surface area (Å²) in [6, 6.07) is 7.86. The van der Waals surface area contributed by atoms with Gasteiger partial charge in [0.25, 0.3) is 0 Å². The quantitative estimate of drug-likeness (QED) is 0.297. The number of carbonyl (C=O) groups excluding carboxylic acids is 2. The molecule has 0 bridgehead atoms. The first-order chi connectivity index (χ1) is 14.3. The van der Waals surface area contributed by atoms with Crippen LogP contribution in [-0.4, -0.2) is 69.9 Å². The third-order valence-corrected chi connectivity index (χ3v) is 8.11. The monoisotopic (exact) mass is 431 g/mol. The first-order valence-corrected chi connectivity index (χ1v) is 11.2. The molecule has 0 aromatic heterocycles. The molecule has 0 unspecified atom stereocenters. The number of aliphatic hydroxyl groups excluding tert-OH is 1. The van der Waals surface area contributed by atoms with E-state index in [0.29, 0.717) is 11.2 Å². The smallest absolute Gasteiger partial charge is 0.353 e. The predicted molar refractivity (Wildman–Crippen MR) is 113 cm³/mol. The molecule has 1 aromatic carbocycles. The van der Waals surface area contributed by atoms with Gasteiger partial charge in [-0.2, -0.15) is 0 Å². The Bertz CT molecular complexity index is 907. The Morgan fingerprint density at radius 2 is 1.93 bits per heavy atom. The number of likely N-dealkylation sites (tertiary alicyclic amines) is 1. The third kappa shape index (κ3) is 3.27. The minimum Gasteiger partial charge on any atom is -0.477 e. The highest BCUT2D eigenvalue weighted by Gasteiger charge is 2.66. The topological polar surface area (TPSA) is 94.9 Å². The van der Waals surface area contributed by atoms with Gasteiger partial charge in [0.1, 0.15) is 29.3 Å². The molecule has 4 rings (SSSR count). The SMILES string of the molecule is C[N+]1(Cc2ccc(C3=C(C(=O)O)N4C(=O)[C@@](C=O)(CCO)[C@H]4S3)cc2)CCCCC1. The van der Waals surface area contributed by atoms with Gasteiger partial charge in [-0.05, 0) is 31.2 Å². The van der Waals surface area contributed by atoms with Crippen molar-refractivity contribution in [1.29, 1.82) is 0 Å². The number of hydrogen-bond acceptors (Lipinski definition) is 5. The van der Waals surface area contributed by atoms with Gasteiger partial charge in [0.05, 0.1) is 20.1 Å². The van der Waals surface area contributed by atoms with E-state index in [1.165, 1.54) is 54.6 Å². The van der Waals surface area contributed by atoms with Crippen molar-refractivity contribution in [2.45, 2.75) is 37.6 Å². The average molecular weight is 432 g/mol. The van der Waals surface area contributed by atoms with E-state index in [4.69, 9.17) is 0 Å². The molecule has 2 fully saturated rings. The minimum atomic E-state index is -1.35. The van der Waals surface area contributed by atoms with Crippen molar-refractivity contribution in [3.8, 4) is 0 Å². The molecule has 2 atom stereocenters. The number of aliphatic hydroxyl groups is 1. The summed E-state index contributed by atoms with van der Waals surface area (Å²) < 4.78 is 1.02. The number of quaternary nitrogens is 1. The van der Waals surface area contributed by atoms with E-state index in [9.17, 15) is 24.6 Å². The van der Waals surface area contributed by atoms with Gasteiger partial charge < -0.3 is 19.5 Å². The molecule has 0 radical (unpaired) electrons. The van der Waals surface area contributed by atoms with Crippen molar-refractivity contribution in [1.82, 2.24) is 4.90 Å². The van der Waals surface area contributed by atoms with Crippen molar-refractivity contribution in [3.63, 3.8) is 0 Å². The van der Waals surface area contributed by atoms with Crippen LogP contribution in [0, 0.1) is 5.41 Å². The maximum absolute atomic E-state index is 12.7. The van der Waals surface area contributed by atoms with E-state index in [1.807, 2.05) is 24.3 Å².